The van der Waals surface area contributed by atoms with Crippen molar-refractivity contribution >= 4 is 29.3 Å². The van der Waals surface area contributed by atoms with Crippen LogP contribution in [0.5, 0.6) is 0 Å². The number of nitrogens with one attached hydrogen (secondary N) is 1. The summed E-state index contributed by atoms with van der Waals surface area (Å²) >= 11 is 1.56. The average Bonchev–Trinajstić information content (AvgIpc) is 2.87. The molecule has 5 heteroatoms. The highest BCUT2D eigenvalue weighted by atomic mass is 32.2. The molecule has 1 N–H and O–H groups in total. The van der Waals surface area contributed by atoms with Gasteiger partial charge in [-0.3, -0.25) is 9.59 Å². The van der Waals surface area contributed by atoms with Gasteiger partial charge in [0, 0.05) is 21.9 Å². The zero-order chi connectivity index (χ0) is 20.4. The summed E-state index contributed by atoms with van der Waals surface area (Å²) in [5, 5.41) is 3.05. The van der Waals surface area contributed by atoms with Gasteiger partial charge in [0.15, 0.2) is 0 Å². The lowest BCUT2D eigenvalue weighted by Gasteiger charge is -2.22. The summed E-state index contributed by atoms with van der Waals surface area (Å²) in [7, 11) is 0. The molecule has 0 fully saturated rings. The van der Waals surface area contributed by atoms with Crippen molar-refractivity contribution in [3.8, 4) is 0 Å². The van der Waals surface area contributed by atoms with Gasteiger partial charge in [0.2, 0.25) is 0 Å². The standard InChI is InChI=1S/C24H22N2O2S/c1-3-26-20-15-18(23(27)25-16(2)17-9-5-4-6-10-17)13-14-22(20)29-21-12-8-7-11-19(21)24(26)28/h4-16H,3H2,1-2H3,(H,25,27). The van der Waals surface area contributed by atoms with Gasteiger partial charge in [-0.2, -0.15) is 0 Å². The Bertz CT molecular complexity index is 1070. The lowest BCUT2D eigenvalue weighted by atomic mass is 10.1. The Morgan fingerprint density at radius 2 is 1.72 bits per heavy atom. The molecule has 1 aliphatic heterocycles. The summed E-state index contributed by atoms with van der Waals surface area (Å²) in [5.74, 6) is -0.191. The molecular formula is C24H22N2O2S. The second-order valence-corrected chi connectivity index (χ2v) is 8.02. The van der Waals surface area contributed by atoms with Crippen LogP contribution in [0.1, 0.15) is 46.2 Å². The minimum atomic E-state index is -0.153. The predicted molar refractivity (Wildman–Crippen MR) is 117 cm³/mol. The van der Waals surface area contributed by atoms with Crippen molar-refractivity contribution in [3.63, 3.8) is 0 Å². The van der Waals surface area contributed by atoms with Crippen molar-refractivity contribution in [2.24, 2.45) is 0 Å². The van der Waals surface area contributed by atoms with Crippen molar-refractivity contribution in [2.45, 2.75) is 29.7 Å². The number of carbonyl (C=O) groups is 2. The van der Waals surface area contributed by atoms with E-state index in [1.165, 1.54) is 0 Å². The molecule has 0 bridgehead atoms. The molecule has 0 aliphatic carbocycles. The third-order valence-corrected chi connectivity index (χ3v) is 6.20. The zero-order valence-electron chi connectivity index (χ0n) is 16.4. The van der Waals surface area contributed by atoms with Crippen molar-refractivity contribution in [2.75, 3.05) is 11.4 Å². The van der Waals surface area contributed by atoms with Crippen LogP contribution in [-0.2, 0) is 0 Å². The largest absolute Gasteiger partial charge is 0.346 e. The van der Waals surface area contributed by atoms with Crippen LogP contribution in [0.2, 0.25) is 0 Å². The van der Waals surface area contributed by atoms with Gasteiger partial charge < -0.3 is 10.2 Å². The number of carbonyl (C=O) groups excluding carboxylic acids is 2. The van der Waals surface area contributed by atoms with Gasteiger partial charge in [-0.15, -0.1) is 0 Å². The molecule has 29 heavy (non-hydrogen) atoms. The van der Waals surface area contributed by atoms with Crippen LogP contribution in [0.15, 0.2) is 82.6 Å². The second kappa shape index (κ2) is 8.13. The first-order chi connectivity index (χ1) is 14.1. The Balaban J connectivity index is 1.65. The summed E-state index contributed by atoms with van der Waals surface area (Å²) in [6, 6.07) is 23.0. The SMILES string of the molecule is CCN1C(=O)c2ccccc2Sc2ccc(C(=O)NC(C)c3ccccc3)cc21. The predicted octanol–water partition coefficient (Wildman–Crippen LogP) is 5.31. The Hall–Kier alpha value is -3.05. The number of fused-ring (bicyclic) bond motifs is 2. The van der Waals surface area contributed by atoms with E-state index in [0.717, 1.165) is 21.0 Å². The summed E-state index contributed by atoms with van der Waals surface area (Å²) < 4.78 is 0. The van der Waals surface area contributed by atoms with Gasteiger partial charge in [-0.25, -0.2) is 0 Å². The molecule has 1 aliphatic rings. The van der Waals surface area contributed by atoms with E-state index < -0.39 is 0 Å². The zero-order valence-corrected chi connectivity index (χ0v) is 17.2. The Kier molecular flexibility index (Phi) is 5.41. The van der Waals surface area contributed by atoms with Gasteiger partial charge in [0.25, 0.3) is 11.8 Å². The van der Waals surface area contributed by atoms with Crippen LogP contribution < -0.4 is 10.2 Å². The fourth-order valence-electron chi connectivity index (χ4n) is 3.48. The molecule has 0 saturated carbocycles. The highest BCUT2D eigenvalue weighted by Gasteiger charge is 2.27. The minimum Gasteiger partial charge on any atom is -0.346 e. The third-order valence-electron chi connectivity index (χ3n) is 5.06. The van der Waals surface area contributed by atoms with E-state index in [1.807, 2.05) is 86.6 Å². The normalized spacial score (nSPS) is 13.9. The molecule has 1 unspecified atom stereocenters. The molecule has 4 nitrogen and oxygen atoms in total. The third kappa shape index (κ3) is 3.78. The molecule has 0 radical (unpaired) electrons. The number of hydrogen-bond donors (Lipinski definition) is 1. The maximum absolute atomic E-state index is 13.1. The summed E-state index contributed by atoms with van der Waals surface area (Å²) in [6.07, 6.45) is 0. The second-order valence-electron chi connectivity index (χ2n) is 6.94. The number of amides is 2. The highest BCUT2D eigenvalue weighted by molar-refractivity contribution is 7.99. The molecule has 0 saturated heterocycles. The number of nitrogens with zero attached hydrogens (tertiary/aromatic N) is 1. The molecule has 1 atom stereocenters. The van der Waals surface area contributed by atoms with Crippen LogP contribution in [0, 0.1) is 0 Å². The Labute approximate surface area is 174 Å². The highest BCUT2D eigenvalue weighted by Crippen LogP contribution is 2.41. The van der Waals surface area contributed by atoms with Gasteiger partial charge >= 0.3 is 0 Å². The quantitative estimate of drug-likeness (QED) is 0.643. The maximum Gasteiger partial charge on any atom is 0.259 e. The van der Waals surface area contributed by atoms with Gasteiger partial charge in [-0.1, -0.05) is 54.2 Å². The van der Waals surface area contributed by atoms with Crippen LogP contribution in [0.25, 0.3) is 0 Å². The van der Waals surface area contributed by atoms with E-state index in [1.54, 1.807) is 16.7 Å². The monoisotopic (exact) mass is 402 g/mol. The van der Waals surface area contributed by atoms with Crippen molar-refractivity contribution < 1.29 is 9.59 Å². The van der Waals surface area contributed by atoms with E-state index in [2.05, 4.69) is 5.32 Å². The lowest BCUT2D eigenvalue weighted by Crippen LogP contribution is -2.31. The van der Waals surface area contributed by atoms with Crippen LogP contribution in [-0.4, -0.2) is 18.4 Å². The summed E-state index contributed by atoms with van der Waals surface area (Å²) in [4.78, 5) is 29.6. The first kappa shape index (κ1) is 19.3. The fourth-order valence-corrected chi connectivity index (χ4v) is 4.54. The van der Waals surface area contributed by atoms with Crippen molar-refractivity contribution in [1.29, 1.82) is 0 Å². The minimum absolute atomic E-state index is 0.0374. The van der Waals surface area contributed by atoms with Crippen LogP contribution >= 0.6 is 11.8 Å². The summed E-state index contributed by atoms with van der Waals surface area (Å²) in [6.45, 7) is 4.45. The molecule has 146 valence electrons. The average molecular weight is 403 g/mol. The van der Waals surface area contributed by atoms with Crippen molar-refractivity contribution in [1.82, 2.24) is 5.32 Å². The Morgan fingerprint density at radius 1 is 1.00 bits per heavy atom. The summed E-state index contributed by atoms with van der Waals surface area (Å²) in [5.41, 5.74) is 3.06. The number of anilines is 1. The van der Waals surface area contributed by atoms with Gasteiger partial charge in [0.05, 0.1) is 17.3 Å². The molecule has 3 aromatic rings. The molecule has 1 heterocycles. The van der Waals surface area contributed by atoms with Gasteiger partial charge in [0.1, 0.15) is 0 Å². The smallest absolute Gasteiger partial charge is 0.259 e. The Morgan fingerprint density at radius 3 is 2.48 bits per heavy atom. The van der Waals surface area contributed by atoms with Gasteiger partial charge in [-0.05, 0) is 49.7 Å². The maximum atomic E-state index is 13.1. The van der Waals surface area contributed by atoms with E-state index >= 15 is 0 Å². The lowest BCUT2D eigenvalue weighted by molar-refractivity contribution is 0.0937. The van der Waals surface area contributed by atoms with Crippen LogP contribution in [0.3, 0.4) is 0 Å². The van der Waals surface area contributed by atoms with E-state index in [9.17, 15) is 9.59 Å². The molecule has 0 spiro atoms. The van der Waals surface area contributed by atoms with Crippen LogP contribution in [0.4, 0.5) is 5.69 Å². The van der Waals surface area contributed by atoms with E-state index in [4.69, 9.17) is 0 Å². The van der Waals surface area contributed by atoms with E-state index in [-0.39, 0.29) is 17.9 Å². The first-order valence-corrected chi connectivity index (χ1v) is 10.5. The fraction of sp³-hybridized carbons (Fsp3) is 0.167. The molecule has 3 aromatic carbocycles. The molecule has 0 aromatic heterocycles. The molecule has 4 rings (SSSR count). The molecule has 2 amide bonds. The van der Waals surface area contributed by atoms with E-state index in [0.29, 0.717) is 17.7 Å². The molecular weight excluding hydrogens is 380 g/mol. The number of hydrogen-bond acceptors (Lipinski definition) is 3. The number of rotatable bonds is 4. The van der Waals surface area contributed by atoms with Crippen molar-refractivity contribution in [3.05, 3.63) is 89.5 Å². The number of benzene rings is 3. The topological polar surface area (TPSA) is 49.4 Å². The first-order valence-electron chi connectivity index (χ1n) is 9.67.